The molecule has 0 saturated carbocycles. The topological polar surface area (TPSA) is 58.2 Å². The van der Waals surface area contributed by atoms with Crippen molar-refractivity contribution < 1.29 is 9.59 Å². The summed E-state index contributed by atoms with van der Waals surface area (Å²) < 4.78 is 0. The highest BCUT2D eigenvalue weighted by molar-refractivity contribution is 7.99. The molecule has 0 aliphatic rings. The fourth-order valence-electron chi connectivity index (χ4n) is 2.40. The Morgan fingerprint density at radius 1 is 0.852 bits per heavy atom. The van der Waals surface area contributed by atoms with Crippen molar-refractivity contribution in [3.05, 3.63) is 88.1 Å². The predicted octanol–water partition coefficient (Wildman–Crippen LogP) is 4.20. The van der Waals surface area contributed by atoms with Gasteiger partial charge in [-0.2, -0.15) is 0 Å². The predicted molar refractivity (Wildman–Crippen MR) is 111 cm³/mol. The maximum Gasteiger partial charge on any atom is 0.261 e. The van der Waals surface area contributed by atoms with E-state index >= 15 is 0 Å². The van der Waals surface area contributed by atoms with E-state index in [1.165, 1.54) is 16.2 Å². The van der Waals surface area contributed by atoms with Crippen LogP contribution in [0.2, 0.25) is 0 Å². The highest BCUT2D eigenvalue weighted by Crippen LogP contribution is 2.16. The summed E-state index contributed by atoms with van der Waals surface area (Å²) in [5.74, 6) is 0.656. The SMILES string of the molecule is O=C(NCCSc1ccccc1)c1ccc(CNC(=O)c2cccs2)cc1. The van der Waals surface area contributed by atoms with Gasteiger partial charge in [0.15, 0.2) is 0 Å². The Morgan fingerprint density at radius 3 is 2.33 bits per heavy atom. The third-order valence-electron chi connectivity index (χ3n) is 3.81. The minimum Gasteiger partial charge on any atom is -0.351 e. The van der Waals surface area contributed by atoms with Gasteiger partial charge in [0.2, 0.25) is 0 Å². The summed E-state index contributed by atoms with van der Waals surface area (Å²) in [5.41, 5.74) is 1.57. The largest absolute Gasteiger partial charge is 0.351 e. The first kappa shape index (κ1) is 19.2. The van der Waals surface area contributed by atoms with Gasteiger partial charge in [0.1, 0.15) is 0 Å². The number of benzene rings is 2. The lowest BCUT2D eigenvalue weighted by molar-refractivity contribution is 0.0946. The molecule has 0 fully saturated rings. The van der Waals surface area contributed by atoms with Crippen molar-refractivity contribution in [1.82, 2.24) is 10.6 Å². The Hall–Kier alpha value is -2.57. The summed E-state index contributed by atoms with van der Waals surface area (Å²) in [6.45, 7) is 1.05. The Morgan fingerprint density at radius 2 is 1.63 bits per heavy atom. The van der Waals surface area contributed by atoms with Crippen molar-refractivity contribution in [3.63, 3.8) is 0 Å². The van der Waals surface area contributed by atoms with E-state index in [1.807, 2.05) is 41.8 Å². The van der Waals surface area contributed by atoms with Gasteiger partial charge in [-0.15, -0.1) is 23.1 Å². The van der Waals surface area contributed by atoms with Crippen LogP contribution < -0.4 is 10.6 Å². The lowest BCUT2D eigenvalue weighted by Gasteiger charge is -2.07. The van der Waals surface area contributed by atoms with E-state index in [2.05, 4.69) is 22.8 Å². The molecule has 0 unspecified atom stereocenters. The van der Waals surface area contributed by atoms with E-state index in [0.717, 1.165) is 11.3 Å². The van der Waals surface area contributed by atoms with Crippen LogP contribution in [0.25, 0.3) is 0 Å². The minimum atomic E-state index is -0.0853. The summed E-state index contributed by atoms with van der Waals surface area (Å²) in [5, 5.41) is 7.68. The van der Waals surface area contributed by atoms with Crippen molar-refractivity contribution in [2.45, 2.75) is 11.4 Å². The van der Waals surface area contributed by atoms with Crippen molar-refractivity contribution in [1.29, 1.82) is 0 Å². The van der Waals surface area contributed by atoms with Gasteiger partial charge in [-0.05, 0) is 41.3 Å². The standard InChI is InChI=1S/C21H20N2O2S2/c24-20(22-12-14-26-18-5-2-1-3-6-18)17-10-8-16(9-11-17)15-23-21(25)19-7-4-13-27-19/h1-11,13H,12,14-15H2,(H,22,24)(H,23,25). The van der Waals surface area contributed by atoms with Crippen LogP contribution in [0.3, 0.4) is 0 Å². The van der Waals surface area contributed by atoms with Crippen LogP contribution in [0.4, 0.5) is 0 Å². The maximum atomic E-state index is 12.2. The quantitative estimate of drug-likeness (QED) is 0.443. The lowest BCUT2D eigenvalue weighted by Crippen LogP contribution is -2.26. The molecule has 3 aromatic rings. The maximum absolute atomic E-state index is 12.2. The molecular weight excluding hydrogens is 376 g/mol. The molecular formula is C21H20N2O2S2. The third kappa shape index (κ3) is 5.98. The number of thioether (sulfide) groups is 1. The molecule has 3 rings (SSSR count). The first-order valence-electron chi connectivity index (χ1n) is 8.59. The molecule has 0 aliphatic heterocycles. The van der Waals surface area contributed by atoms with Gasteiger partial charge in [-0.3, -0.25) is 9.59 Å². The fourth-order valence-corrected chi connectivity index (χ4v) is 3.83. The van der Waals surface area contributed by atoms with Crippen molar-refractivity contribution in [2.75, 3.05) is 12.3 Å². The van der Waals surface area contributed by atoms with Crippen LogP contribution in [0, 0.1) is 0 Å². The number of hydrogen-bond donors (Lipinski definition) is 2. The monoisotopic (exact) mass is 396 g/mol. The van der Waals surface area contributed by atoms with Crippen LogP contribution >= 0.6 is 23.1 Å². The highest BCUT2D eigenvalue weighted by Gasteiger charge is 2.07. The number of hydrogen-bond acceptors (Lipinski definition) is 4. The van der Waals surface area contributed by atoms with E-state index < -0.39 is 0 Å². The van der Waals surface area contributed by atoms with Crippen LogP contribution in [0.1, 0.15) is 25.6 Å². The number of nitrogens with one attached hydrogen (secondary N) is 2. The molecule has 0 aliphatic carbocycles. The first-order chi connectivity index (χ1) is 13.2. The molecule has 0 radical (unpaired) electrons. The number of carbonyl (C=O) groups excluding carboxylic acids is 2. The normalized spacial score (nSPS) is 10.4. The second-order valence-electron chi connectivity index (χ2n) is 5.77. The van der Waals surface area contributed by atoms with Crippen LogP contribution in [0.15, 0.2) is 77.0 Å². The smallest absolute Gasteiger partial charge is 0.261 e. The molecule has 0 saturated heterocycles. The van der Waals surface area contributed by atoms with Gasteiger partial charge in [0.05, 0.1) is 4.88 Å². The van der Waals surface area contributed by atoms with E-state index in [0.29, 0.717) is 23.5 Å². The van der Waals surface area contributed by atoms with Crippen LogP contribution in [-0.4, -0.2) is 24.1 Å². The fraction of sp³-hybridized carbons (Fsp3) is 0.143. The summed E-state index contributed by atoms with van der Waals surface area (Å²) in [6.07, 6.45) is 0. The zero-order chi connectivity index (χ0) is 18.9. The van der Waals surface area contributed by atoms with Gasteiger partial charge in [-0.25, -0.2) is 0 Å². The number of thiophene rings is 1. The second kappa shape index (κ2) is 9.94. The molecule has 2 aromatic carbocycles. The van der Waals surface area contributed by atoms with Gasteiger partial charge >= 0.3 is 0 Å². The Bertz CT molecular complexity index is 863. The molecule has 1 heterocycles. The molecule has 0 atom stereocenters. The summed E-state index contributed by atoms with van der Waals surface area (Å²) in [6, 6.07) is 21.1. The molecule has 0 bridgehead atoms. The molecule has 1 aromatic heterocycles. The van der Waals surface area contributed by atoms with E-state index in [1.54, 1.807) is 30.0 Å². The van der Waals surface area contributed by atoms with Gasteiger partial charge in [0, 0.05) is 29.3 Å². The summed E-state index contributed by atoms with van der Waals surface area (Å²) in [4.78, 5) is 26.0. The van der Waals surface area contributed by atoms with E-state index in [-0.39, 0.29) is 11.8 Å². The lowest BCUT2D eigenvalue weighted by atomic mass is 10.1. The second-order valence-corrected chi connectivity index (χ2v) is 7.89. The molecule has 2 amide bonds. The summed E-state index contributed by atoms with van der Waals surface area (Å²) in [7, 11) is 0. The number of rotatable bonds is 8. The van der Waals surface area contributed by atoms with E-state index in [4.69, 9.17) is 0 Å². The van der Waals surface area contributed by atoms with Crippen LogP contribution in [-0.2, 0) is 6.54 Å². The molecule has 27 heavy (non-hydrogen) atoms. The zero-order valence-electron chi connectivity index (χ0n) is 14.7. The minimum absolute atomic E-state index is 0.0808. The van der Waals surface area contributed by atoms with Crippen LogP contribution in [0.5, 0.6) is 0 Å². The first-order valence-corrected chi connectivity index (χ1v) is 10.5. The van der Waals surface area contributed by atoms with Gasteiger partial charge in [-0.1, -0.05) is 36.4 Å². The molecule has 4 nitrogen and oxygen atoms in total. The highest BCUT2D eigenvalue weighted by atomic mass is 32.2. The Kier molecular flexibility index (Phi) is 7.07. The van der Waals surface area contributed by atoms with Crippen molar-refractivity contribution in [3.8, 4) is 0 Å². The average molecular weight is 397 g/mol. The zero-order valence-corrected chi connectivity index (χ0v) is 16.3. The Labute approximate surface area is 167 Å². The van der Waals surface area contributed by atoms with Gasteiger partial charge in [0.25, 0.3) is 11.8 Å². The van der Waals surface area contributed by atoms with Gasteiger partial charge < -0.3 is 10.6 Å². The average Bonchev–Trinajstić information content (AvgIpc) is 3.25. The molecule has 2 N–H and O–H groups in total. The molecule has 6 heteroatoms. The molecule has 138 valence electrons. The summed E-state index contributed by atoms with van der Waals surface area (Å²) >= 11 is 3.13. The Balaban J connectivity index is 1.41. The van der Waals surface area contributed by atoms with Crippen molar-refractivity contribution >= 4 is 34.9 Å². The number of carbonyl (C=O) groups is 2. The molecule has 0 spiro atoms. The third-order valence-corrected chi connectivity index (χ3v) is 5.70. The van der Waals surface area contributed by atoms with E-state index in [9.17, 15) is 9.59 Å². The number of amides is 2. The van der Waals surface area contributed by atoms with Crippen molar-refractivity contribution in [2.24, 2.45) is 0 Å².